The van der Waals surface area contributed by atoms with Gasteiger partial charge in [0.25, 0.3) is 0 Å². The number of hydrogen-bond donors (Lipinski definition) is 0. The molecule has 0 fully saturated rings. The lowest BCUT2D eigenvalue weighted by atomic mass is 10.4. The van der Waals surface area contributed by atoms with E-state index in [0.29, 0.717) is 12.2 Å². The molecule has 0 aliphatic heterocycles. The Morgan fingerprint density at radius 2 is 1.93 bits per heavy atom. The van der Waals surface area contributed by atoms with Gasteiger partial charge in [0.1, 0.15) is 6.61 Å². The van der Waals surface area contributed by atoms with Crippen molar-refractivity contribution in [3.63, 3.8) is 0 Å². The second-order valence-electron chi connectivity index (χ2n) is 2.73. The first-order chi connectivity index (χ1) is 6.68. The summed E-state index contributed by atoms with van der Waals surface area (Å²) in [7, 11) is 0. The van der Waals surface area contributed by atoms with E-state index in [2.05, 4.69) is 13.5 Å². The molecule has 0 aromatic rings. The average Bonchev–Trinajstić information content (AvgIpc) is 2.16. The summed E-state index contributed by atoms with van der Waals surface area (Å²) >= 11 is 3.75. The van der Waals surface area contributed by atoms with Gasteiger partial charge in [-0.05, 0) is 12.7 Å². The van der Waals surface area contributed by atoms with Gasteiger partial charge in [-0.1, -0.05) is 13.5 Å². The Bertz CT molecular complexity index is 181. The van der Waals surface area contributed by atoms with Crippen LogP contribution in [0.3, 0.4) is 0 Å². The van der Waals surface area contributed by atoms with Crippen LogP contribution in [-0.2, 0) is 9.53 Å². The number of ether oxygens (including phenoxy) is 1. The summed E-state index contributed by atoms with van der Waals surface area (Å²) in [6, 6.07) is 0. The van der Waals surface area contributed by atoms with Crippen molar-refractivity contribution in [2.24, 2.45) is 0 Å². The molecule has 0 atom stereocenters. The summed E-state index contributed by atoms with van der Waals surface area (Å²) in [6.45, 7) is 7.82. The normalized spacial score (nSPS) is 9.86. The summed E-state index contributed by atoms with van der Waals surface area (Å²) in [5.41, 5.74) is 0.469. The van der Waals surface area contributed by atoms with Crippen molar-refractivity contribution in [3.05, 3.63) is 12.2 Å². The molecule has 0 spiro atoms. The van der Waals surface area contributed by atoms with E-state index >= 15 is 0 Å². The topological polar surface area (TPSA) is 26.3 Å². The van der Waals surface area contributed by atoms with E-state index in [1.165, 1.54) is 11.5 Å². The average molecular weight is 234 g/mol. The van der Waals surface area contributed by atoms with Gasteiger partial charge >= 0.3 is 5.97 Å². The fourth-order valence-corrected chi connectivity index (χ4v) is 2.32. The Morgan fingerprint density at radius 3 is 2.50 bits per heavy atom. The third kappa shape index (κ3) is 8.51. The van der Waals surface area contributed by atoms with Crippen molar-refractivity contribution in [1.82, 2.24) is 0 Å². The molecule has 0 bridgehead atoms. The predicted molar refractivity (Wildman–Crippen MR) is 66.1 cm³/mol. The highest BCUT2D eigenvalue weighted by Crippen LogP contribution is 2.06. The molecule has 0 radical (unpaired) electrons. The number of carbonyl (C=O) groups excluding carboxylic acids is 1. The Hall–Kier alpha value is -0.0900. The van der Waals surface area contributed by atoms with Crippen molar-refractivity contribution in [3.8, 4) is 0 Å². The molecule has 0 aliphatic carbocycles. The number of esters is 1. The molecule has 14 heavy (non-hydrogen) atoms. The van der Waals surface area contributed by atoms with Gasteiger partial charge in [0, 0.05) is 22.8 Å². The zero-order valence-corrected chi connectivity index (χ0v) is 10.5. The zero-order chi connectivity index (χ0) is 10.8. The largest absolute Gasteiger partial charge is 0.461 e. The second-order valence-corrected chi connectivity index (χ2v) is 5.34. The van der Waals surface area contributed by atoms with E-state index in [-0.39, 0.29) is 5.97 Å². The van der Waals surface area contributed by atoms with Crippen molar-refractivity contribution in [2.75, 3.05) is 29.6 Å². The Balaban J connectivity index is 3.13. The van der Waals surface area contributed by atoms with Gasteiger partial charge in [-0.25, -0.2) is 4.79 Å². The van der Waals surface area contributed by atoms with Crippen molar-refractivity contribution >= 4 is 29.5 Å². The van der Waals surface area contributed by atoms with Gasteiger partial charge in [-0.2, -0.15) is 23.5 Å². The molecular weight excluding hydrogens is 216 g/mol. The quantitative estimate of drug-likeness (QED) is 0.366. The molecule has 4 heteroatoms. The SMILES string of the molecule is C=C(C)C(=O)OCCSCCSCC. The van der Waals surface area contributed by atoms with Crippen LogP contribution in [0.15, 0.2) is 12.2 Å². The summed E-state index contributed by atoms with van der Waals surface area (Å²) in [5, 5.41) is 0. The van der Waals surface area contributed by atoms with Gasteiger partial charge in [-0.3, -0.25) is 0 Å². The van der Waals surface area contributed by atoms with E-state index in [1.54, 1.807) is 6.92 Å². The van der Waals surface area contributed by atoms with Crippen molar-refractivity contribution in [2.45, 2.75) is 13.8 Å². The maximum absolute atomic E-state index is 10.9. The van der Waals surface area contributed by atoms with Gasteiger partial charge in [0.15, 0.2) is 0 Å². The molecule has 0 rings (SSSR count). The number of carbonyl (C=O) groups is 1. The molecule has 0 aliphatic rings. The first-order valence-electron chi connectivity index (χ1n) is 4.66. The van der Waals surface area contributed by atoms with E-state index in [4.69, 9.17) is 4.74 Å². The molecule has 2 nitrogen and oxygen atoms in total. The van der Waals surface area contributed by atoms with Crippen LogP contribution in [0.4, 0.5) is 0 Å². The van der Waals surface area contributed by atoms with Crippen molar-refractivity contribution in [1.29, 1.82) is 0 Å². The Labute approximate surface area is 94.9 Å². The molecule has 0 aromatic heterocycles. The van der Waals surface area contributed by atoms with Crippen LogP contribution < -0.4 is 0 Å². The highest BCUT2D eigenvalue weighted by Gasteiger charge is 2.01. The van der Waals surface area contributed by atoms with Gasteiger partial charge in [0.05, 0.1) is 0 Å². The third-order valence-electron chi connectivity index (χ3n) is 1.39. The molecule has 0 saturated carbocycles. The van der Waals surface area contributed by atoms with E-state index in [1.807, 2.05) is 23.5 Å². The van der Waals surface area contributed by atoms with E-state index in [0.717, 1.165) is 11.5 Å². The van der Waals surface area contributed by atoms with Crippen LogP contribution in [0.25, 0.3) is 0 Å². The molecule has 82 valence electrons. The highest BCUT2D eigenvalue weighted by atomic mass is 32.2. The number of hydrogen-bond acceptors (Lipinski definition) is 4. The minimum absolute atomic E-state index is 0.284. The Morgan fingerprint density at radius 1 is 1.29 bits per heavy atom. The smallest absolute Gasteiger partial charge is 0.333 e. The van der Waals surface area contributed by atoms with Crippen LogP contribution in [-0.4, -0.2) is 35.6 Å². The standard InChI is InChI=1S/C10H18O2S2/c1-4-13-7-8-14-6-5-12-10(11)9(2)3/h2,4-8H2,1,3H3. The Kier molecular flexibility index (Phi) is 9.40. The fraction of sp³-hybridized carbons (Fsp3) is 0.700. The zero-order valence-electron chi connectivity index (χ0n) is 8.88. The summed E-state index contributed by atoms with van der Waals surface area (Å²) in [4.78, 5) is 10.9. The third-order valence-corrected chi connectivity index (χ3v) is 3.49. The first kappa shape index (κ1) is 13.9. The van der Waals surface area contributed by atoms with Crippen LogP contribution in [0.2, 0.25) is 0 Å². The fourth-order valence-electron chi connectivity index (χ4n) is 0.681. The minimum atomic E-state index is -0.284. The van der Waals surface area contributed by atoms with E-state index in [9.17, 15) is 4.79 Å². The molecule has 0 saturated heterocycles. The van der Waals surface area contributed by atoms with Crippen LogP contribution in [0, 0.1) is 0 Å². The summed E-state index contributed by atoms with van der Waals surface area (Å²) in [6.07, 6.45) is 0. The van der Waals surface area contributed by atoms with Gasteiger partial charge < -0.3 is 4.74 Å². The lowest BCUT2D eigenvalue weighted by Gasteiger charge is -2.03. The molecule has 0 aromatic carbocycles. The molecule has 0 heterocycles. The molecule has 0 amide bonds. The highest BCUT2D eigenvalue weighted by molar-refractivity contribution is 8.02. The van der Waals surface area contributed by atoms with E-state index < -0.39 is 0 Å². The lowest BCUT2D eigenvalue weighted by molar-refractivity contribution is -0.138. The molecular formula is C10H18O2S2. The molecule has 0 N–H and O–H groups in total. The predicted octanol–water partition coefficient (Wildman–Crippen LogP) is 2.59. The van der Waals surface area contributed by atoms with Crippen LogP contribution >= 0.6 is 23.5 Å². The van der Waals surface area contributed by atoms with Crippen LogP contribution in [0.1, 0.15) is 13.8 Å². The van der Waals surface area contributed by atoms with Gasteiger partial charge in [-0.15, -0.1) is 0 Å². The van der Waals surface area contributed by atoms with Crippen LogP contribution in [0.5, 0.6) is 0 Å². The molecule has 0 unspecified atom stereocenters. The minimum Gasteiger partial charge on any atom is -0.461 e. The monoisotopic (exact) mass is 234 g/mol. The first-order valence-corrected chi connectivity index (χ1v) is 6.97. The maximum Gasteiger partial charge on any atom is 0.333 e. The second kappa shape index (κ2) is 9.46. The van der Waals surface area contributed by atoms with Crippen molar-refractivity contribution < 1.29 is 9.53 Å². The number of thioether (sulfide) groups is 2. The van der Waals surface area contributed by atoms with Gasteiger partial charge in [0.2, 0.25) is 0 Å². The number of rotatable bonds is 8. The maximum atomic E-state index is 10.9. The summed E-state index contributed by atoms with van der Waals surface area (Å²) in [5.74, 6) is 4.07. The summed E-state index contributed by atoms with van der Waals surface area (Å²) < 4.78 is 4.94. The lowest BCUT2D eigenvalue weighted by Crippen LogP contribution is -2.08.